The summed E-state index contributed by atoms with van der Waals surface area (Å²) in [6.07, 6.45) is 5.15. The summed E-state index contributed by atoms with van der Waals surface area (Å²) in [5, 5.41) is 0. The van der Waals surface area contributed by atoms with Crippen molar-refractivity contribution in [2.24, 2.45) is 0 Å². The number of imidazole rings is 2. The number of nitrogens with zero attached hydrogens (tertiary/aromatic N) is 4. The van der Waals surface area contributed by atoms with Gasteiger partial charge in [0.15, 0.2) is 0 Å². The molecular formula is C21H18FN5. The van der Waals surface area contributed by atoms with E-state index >= 15 is 0 Å². The first-order chi connectivity index (χ1) is 13.3. The predicted molar refractivity (Wildman–Crippen MR) is 105 cm³/mol. The molecule has 5 rings (SSSR count). The highest BCUT2D eigenvalue weighted by Gasteiger charge is 2.15. The normalized spacial score (nSPS) is 10.8. The molecule has 0 atom stereocenters. The van der Waals surface area contributed by atoms with E-state index in [0.717, 1.165) is 39.1 Å². The highest BCUT2D eigenvalue weighted by Crippen LogP contribution is 2.29. The standard InChI is InChI=1S/C19H12FN5.C2H6/c20-13-2-4-14(5-3-13)25-18-10-21-8-7-16(18)24-19(25)12-1-6-15-17(9-12)23-11-22-15;1-2/h1-11H,(H,22,23);1-2H3. The van der Waals surface area contributed by atoms with E-state index < -0.39 is 0 Å². The molecule has 0 aliphatic rings. The van der Waals surface area contributed by atoms with Gasteiger partial charge in [-0.3, -0.25) is 9.55 Å². The number of halogens is 1. The van der Waals surface area contributed by atoms with Crippen molar-refractivity contribution in [2.75, 3.05) is 0 Å². The first-order valence-electron chi connectivity index (χ1n) is 8.81. The molecule has 0 bridgehead atoms. The van der Waals surface area contributed by atoms with Crippen LogP contribution in [0.15, 0.2) is 67.3 Å². The lowest BCUT2D eigenvalue weighted by Crippen LogP contribution is -1.98. The van der Waals surface area contributed by atoms with Gasteiger partial charge in [-0.1, -0.05) is 13.8 Å². The van der Waals surface area contributed by atoms with Gasteiger partial charge >= 0.3 is 0 Å². The second-order valence-corrected chi connectivity index (χ2v) is 5.75. The zero-order valence-electron chi connectivity index (χ0n) is 15.0. The highest BCUT2D eigenvalue weighted by atomic mass is 19.1. The molecule has 3 heterocycles. The second-order valence-electron chi connectivity index (χ2n) is 5.75. The van der Waals surface area contributed by atoms with Gasteiger partial charge < -0.3 is 4.98 Å². The van der Waals surface area contributed by atoms with Gasteiger partial charge in [-0.05, 0) is 48.5 Å². The Morgan fingerprint density at radius 2 is 1.78 bits per heavy atom. The number of hydrogen-bond donors (Lipinski definition) is 1. The first-order valence-corrected chi connectivity index (χ1v) is 8.81. The third-order valence-corrected chi connectivity index (χ3v) is 4.22. The number of rotatable bonds is 2. The van der Waals surface area contributed by atoms with E-state index in [0.29, 0.717) is 0 Å². The number of fused-ring (bicyclic) bond motifs is 2. The Balaban J connectivity index is 0.000000872. The lowest BCUT2D eigenvalue weighted by atomic mass is 10.2. The van der Waals surface area contributed by atoms with Crippen molar-refractivity contribution in [3.05, 3.63) is 73.1 Å². The van der Waals surface area contributed by atoms with E-state index in [2.05, 4.69) is 15.0 Å². The molecule has 0 amide bonds. The quantitative estimate of drug-likeness (QED) is 0.475. The fourth-order valence-corrected chi connectivity index (χ4v) is 3.04. The van der Waals surface area contributed by atoms with E-state index in [4.69, 9.17) is 4.98 Å². The Morgan fingerprint density at radius 1 is 0.963 bits per heavy atom. The molecule has 0 unspecified atom stereocenters. The van der Waals surface area contributed by atoms with E-state index in [-0.39, 0.29) is 5.82 Å². The molecule has 0 radical (unpaired) electrons. The number of pyridine rings is 1. The number of nitrogens with one attached hydrogen (secondary N) is 1. The summed E-state index contributed by atoms with van der Waals surface area (Å²) in [5.41, 5.74) is 5.31. The van der Waals surface area contributed by atoms with Crippen LogP contribution in [-0.2, 0) is 0 Å². The third kappa shape index (κ3) is 2.95. The average Bonchev–Trinajstić information content (AvgIpc) is 3.34. The second kappa shape index (κ2) is 6.99. The number of aromatic nitrogens is 5. The predicted octanol–water partition coefficient (Wildman–Crippen LogP) is 5.13. The van der Waals surface area contributed by atoms with Gasteiger partial charge in [0.2, 0.25) is 0 Å². The number of hydrogen-bond acceptors (Lipinski definition) is 3. The Kier molecular flexibility index (Phi) is 4.38. The SMILES string of the molecule is CC.Fc1ccc(-n2c(-c3ccc4nc[nH]c4c3)nc3ccncc32)cc1. The topological polar surface area (TPSA) is 59.4 Å². The van der Waals surface area contributed by atoms with Gasteiger partial charge in [0.25, 0.3) is 0 Å². The van der Waals surface area contributed by atoms with Crippen LogP contribution < -0.4 is 0 Å². The molecule has 0 fully saturated rings. The van der Waals surface area contributed by atoms with Gasteiger partial charge in [-0.25, -0.2) is 14.4 Å². The summed E-state index contributed by atoms with van der Waals surface area (Å²) in [4.78, 5) is 16.4. The molecule has 0 aliphatic heterocycles. The van der Waals surface area contributed by atoms with Crippen molar-refractivity contribution in [2.45, 2.75) is 13.8 Å². The Morgan fingerprint density at radius 3 is 2.59 bits per heavy atom. The van der Waals surface area contributed by atoms with E-state index in [1.54, 1.807) is 30.9 Å². The summed E-state index contributed by atoms with van der Waals surface area (Å²) in [5.74, 6) is 0.498. The maximum Gasteiger partial charge on any atom is 0.145 e. The van der Waals surface area contributed by atoms with Gasteiger partial charge in [0.05, 0.1) is 34.6 Å². The first kappa shape index (κ1) is 16.9. The third-order valence-electron chi connectivity index (χ3n) is 4.22. The molecule has 0 saturated carbocycles. The molecule has 0 spiro atoms. The fourth-order valence-electron chi connectivity index (χ4n) is 3.04. The molecular weight excluding hydrogens is 341 g/mol. The zero-order valence-corrected chi connectivity index (χ0v) is 15.0. The number of benzene rings is 2. The Hall–Kier alpha value is -3.54. The Bertz CT molecular complexity index is 1200. The monoisotopic (exact) mass is 359 g/mol. The van der Waals surface area contributed by atoms with E-state index in [1.807, 2.05) is 42.7 Å². The van der Waals surface area contributed by atoms with Crippen molar-refractivity contribution in [3.63, 3.8) is 0 Å². The maximum absolute atomic E-state index is 13.4. The van der Waals surface area contributed by atoms with Gasteiger partial charge in [0, 0.05) is 17.4 Å². The van der Waals surface area contributed by atoms with Crippen molar-refractivity contribution in [1.29, 1.82) is 0 Å². The van der Waals surface area contributed by atoms with Crippen LogP contribution in [0.1, 0.15) is 13.8 Å². The van der Waals surface area contributed by atoms with Crippen LogP contribution >= 0.6 is 0 Å². The van der Waals surface area contributed by atoms with Crippen LogP contribution in [0.4, 0.5) is 4.39 Å². The van der Waals surface area contributed by atoms with Crippen molar-refractivity contribution < 1.29 is 4.39 Å². The average molecular weight is 359 g/mol. The van der Waals surface area contributed by atoms with E-state index in [9.17, 15) is 4.39 Å². The van der Waals surface area contributed by atoms with Crippen LogP contribution in [0.5, 0.6) is 0 Å². The molecule has 6 heteroatoms. The molecule has 27 heavy (non-hydrogen) atoms. The minimum Gasteiger partial charge on any atom is -0.345 e. The molecule has 3 aromatic heterocycles. The molecule has 5 nitrogen and oxygen atoms in total. The summed E-state index contributed by atoms with van der Waals surface area (Å²) in [6.45, 7) is 4.00. The van der Waals surface area contributed by atoms with Crippen LogP contribution in [0, 0.1) is 5.82 Å². The number of aromatic amines is 1. The van der Waals surface area contributed by atoms with Crippen molar-refractivity contribution in [3.8, 4) is 17.1 Å². The van der Waals surface area contributed by atoms with Gasteiger partial charge in [-0.15, -0.1) is 0 Å². The summed E-state index contributed by atoms with van der Waals surface area (Å²) < 4.78 is 15.3. The minimum atomic E-state index is -0.272. The summed E-state index contributed by atoms with van der Waals surface area (Å²) in [7, 11) is 0. The smallest absolute Gasteiger partial charge is 0.145 e. The van der Waals surface area contributed by atoms with Crippen molar-refractivity contribution >= 4 is 22.1 Å². The molecule has 0 aliphatic carbocycles. The van der Waals surface area contributed by atoms with Crippen LogP contribution in [0.25, 0.3) is 39.1 Å². The lowest BCUT2D eigenvalue weighted by molar-refractivity contribution is 0.627. The lowest BCUT2D eigenvalue weighted by Gasteiger charge is -2.09. The minimum absolute atomic E-state index is 0.272. The summed E-state index contributed by atoms with van der Waals surface area (Å²) >= 11 is 0. The van der Waals surface area contributed by atoms with Gasteiger partial charge in [0.1, 0.15) is 11.6 Å². The zero-order chi connectivity index (χ0) is 18.8. The van der Waals surface area contributed by atoms with Crippen LogP contribution in [0.3, 0.4) is 0 Å². The highest BCUT2D eigenvalue weighted by molar-refractivity contribution is 5.85. The van der Waals surface area contributed by atoms with E-state index in [1.165, 1.54) is 12.1 Å². The van der Waals surface area contributed by atoms with Crippen LogP contribution in [0.2, 0.25) is 0 Å². The van der Waals surface area contributed by atoms with Crippen molar-refractivity contribution in [1.82, 2.24) is 24.5 Å². The number of H-pyrrole nitrogens is 1. The fraction of sp³-hybridized carbons (Fsp3) is 0.0952. The Labute approximate surface area is 155 Å². The molecule has 5 aromatic rings. The largest absolute Gasteiger partial charge is 0.345 e. The molecule has 134 valence electrons. The summed E-state index contributed by atoms with van der Waals surface area (Å²) in [6, 6.07) is 14.2. The van der Waals surface area contributed by atoms with Crippen LogP contribution in [-0.4, -0.2) is 24.5 Å². The van der Waals surface area contributed by atoms with Gasteiger partial charge in [-0.2, -0.15) is 0 Å². The molecule has 0 saturated heterocycles. The maximum atomic E-state index is 13.4. The molecule has 2 aromatic carbocycles. The molecule has 1 N–H and O–H groups in total.